The van der Waals surface area contributed by atoms with Crippen molar-refractivity contribution in [2.24, 2.45) is 0 Å². The average molecular weight is 359 g/mol. The summed E-state index contributed by atoms with van der Waals surface area (Å²) in [5, 5.41) is 11.8. The minimum absolute atomic E-state index is 0.148. The number of nitrogens with one attached hydrogen (secondary N) is 2. The molecule has 0 spiro atoms. The van der Waals surface area contributed by atoms with Gasteiger partial charge in [0.2, 0.25) is 5.91 Å². The van der Waals surface area contributed by atoms with Gasteiger partial charge in [-0.2, -0.15) is 5.10 Å². The molecule has 1 aliphatic rings. The fourth-order valence-electron chi connectivity index (χ4n) is 3.37. The molecule has 7 nitrogen and oxygen atoms in total. The van der Waals surface area contributed by atoms with Crippen molar-refractivity contribution >= 4 is 16.8 Å². The lowest BCUT2D eigenvalue weighted by molar-refractivity contribution is -0.130. The number of fused-ring (bicyclic) bond motifs is 1. The summed E-state index contributed by atoms with van der Waals surface area (Å²) in [4.78, 5) is 15.6. The van der Waals surface area contributed by atoms with Crippen molar-refractivity contribution in [3.63, 3.8) is 0 Å². The third-order valence-electron chi connectivity index (χ3n) is 4.97. The molecule has 2 heterocycles. The number of amides is 1. The average Bonchev–Trinajstić information content (AvgIpc) is 3.02. The molecule has 1 aromatic carbocycles. The lowest BCUT2D eigenvalue weighted by Crippen LogP contribution is -2.40. The highest BCUT2D eigenvalue weighted by Crippen LogP contribution is 2.25. The van der Waals surface area contributed by atoms with Gasteiger partial charge in [0.25, 0.3) is 0 Å². The van der Waals surface area contributed by atoms with E-state index in [4.69, 9.17) is 4.74 Å². The van der Waals surface area contributed by atoms with Gasteiger partial charge in [-0.15, -0.1) is 0 Å². The van der Waals surface area contributed by atoms with Crippen molar-refractivity contribution in [2.45, 2.75) is 32.4 Å². The van der Waals surface area contributed by atoms with Crippen molar-refractivity contribution in [1.29, 1.82) is 0 Å². The molecule has 1 fully saturated rings. The van der Waals surface area contributed by atoms with E-state index in [9.17, 15) is 4.79 Å². The second-order valence-corrected chi connectivity index (χ2v) is 7.05. The highest BCUT2D eigenvalue weighted by Gasteiger charge is 2.22. The predicted octanol–water partition coefficient (Wildman–Crippen LogP) is 1.60. The first-order valence-corrected chi connectivity index (χ1v) is 9.29. The van der Waals surface area contributed by atoms with E-state index >= 15 is 0 Å². The molecule has 1 aromatic heterocycles. The van der Waals surface area contributed by atoms with Gasteiger partial charge in [0.05, 0.1) is 11.2 Å². The van der Waals surface area contributed by atoms with E-state index in [0.29, 0.717) is 0 Å². The fraction of sp³-hybridized carbons (Fsp3) is 0.579. The van der Waals surface area contributed by atoms with Gasteiger partial charge in [0, 0.05) is 57.9 Å². The van der Waals surface area contributed by atoms with Crippen LogP contribution in [0.2, 0.25) is 0 Å². The number of aromatic amines is 1. The van der Waals surface area contributed by atoms with Crippen LogP contribution in [0.4, 0.5) is 0 Å². The van der Waals surface area contributed by atoms with Crippen LogP contribution < -0.4 is 10.1 Å². The van der Waals surface area contributed by atoms with Crippen LogP contribution in [0.25, 0.3) is 10.9 Å². The van der Waals surface area contributed by atoms with Gasteiger partial charge in [0.1, 0.15) is 11.9 Å². The Hall–Kier alpha value is -2.12. The molecule has 0 radical (unpaired) electrons. The predicted molar refractivity (Wildman–Crippen MR) is 102 cm³/mol. The molecule has 0 unspecified atom stereocenters. The van der Waals surface area contributed by atoms with Gasteiger partial charge in [-0.25, -0.2) is 0 Å². The number of carbonyl (C=O) groups is 1. The highest BCUT2D eigenvalue weighted by molar-refractivity contribution is 5.82. The number of piperidine rings is 1. The normalized spacial score (nSPS) is 15.8. The van der Waals surface area contributed by atoms with Crippen LogP contribution in [-0.2, 0) is 11.3 Å². The topological polar surface area (TPSA) is 73.5 Å². The van der Waals surface area contributed by atoms with Gasteiger partial charge in [-0.3, -0.25) is 14.8 Å². The summed E-state index contributed by atoms with van der Waals surface area (Å²) in [6.45, 7) is 5.92. The van der Waals surface area contributed by atoms with Crippen LogP contribution in [-0.4, -0.2) is 72.3 Å². The summed E-state index contributed by atoms with van der Waals surface area (Å²) in [5.41, 5.74) is 2.07. The van der Waals surface area contributed by atoms with Crippen LogP contribution in [0.5, 0.6) is 5.75 Å². The smallest absolute Gasteiger partial charge is 0.219 e. The molecule has 2 N–H and O–H groups in total. The van der Waals surface area contributed by atoms with Crippen LogP contribution in [0.15, 0.2) is 18.2 Å². The van der Waals surface area contributed by atoms with Crippen LogP contribution in [0.1, 0.15) is 25.5 Å². The Morgan fingerprint density at radius 3 is 2.88 bits per heavy atom. The molecule has 0 aliphatic carbocycles. The van der Waals surface area contributed by atoms with E-state index in [1.807, 2.05) is 24.1 Å². The van der Waals surface area contributed by atoms with Crippen molar-refractivity contribution in [1.82, 2.24) is 25.3 Å². The van der Waals surface area contributed by atoms with E-state index < -0.39 is 0 Å². The maximum atomic E-state index is 11.4. The molecule has 1 saturated heterocycles. The Labute approximate surface area is 154 Å². The Bertz CT molecular complexity index is 737. The molecular formula is C19H29N5O2. The number of H-pyrrole nitrogens is 1. The highest BCUT2D eigenvalue weighted by atomic mass is 16.5. The quantitative estimate of drug-likeness (QED) is 0.786. The molecule has 0 bridgehead atoms. The molecule has 142 valence electrons. The van der Waals surface area contributed by atoms with Gasteiger partial charge >= 0.3 is 0 Å². The number of likely N-dealkylation sites (tertiary alicyclic amines) is 1. The third-order valence-corrected chi connectivity index (χ3v) is 4.97. The standard InChI is InChI=1S/C19H29N5O2/c1-14(25)24-9-6-15(7-10-24)26-16-4-5-18-17(12-16)19(22-21-18)13-23(3)11-8-20-2/h4-5,12,15,20H,6-11,13H2,1-3H3,(H,21,22). The number of ether oxygens (including phenoxy) is 1. The van der Waals surface area contributed by atoms with E-state index in [-0.39, 0.29) is 12.0 Å². The first-order valence-electron chi connectivity index (χ1n) is 9.29. The molecule has 0 atom stereocenters. The van der Waals surface area contributed by atoms with Gasteiger partial charge < -0.3 is 15.0 Å². The number of hydrogen-bond acceptors (Lipinski definition) is 5. The summed E-state index contributed by atoms with van der Waals surface area (Å²) in [6.07, 6.45) is 1.92. The summed E-state index contributed by atoms with van der Waals surface area (Å²) in [6, 6.07) is 6.06. The van der Waals surface area contributed by atoms with Crippen LogP contribution in [0, 0.1) is 0 Å². The monoisotopic (exact) mass is 359 g/mol. The SMILES string of the molecule is CNCCN(C)Cc1[nH]nc2ccc(OC3CCN(C(C)=O)CC3)cc12. The number of benzene rings is 1. The molecule has 26 heavy (non-hydrogen) atoms. The third kappa shape index (κ3) is 4.53. The first kappa shape index (κ1) is 18.7. The van der Waals surface area contributed by atoms with Crippen molar-refractivity contribution in [3.05, 3.63) is 23.9 Å². The van der Waals surface area contributed by atoms with Gasteiger partial charge in [-0.1, -0.05) is 0 Å². The Balaban J connectivity index is 1.65. The molecule has 1 amide bonds. The maximum Gasteiger partial charge on any atom is 0.219 e. The minimum atomic E-state index is 0.148. The van der Waals surface area contributed by atoms with Crippen molar-refractivity contribution in [3.8, 4) is 5.75 Å². The molecule has 1 aliphatic heterocycles. The van der Waals surface area contributed by atoms with E-state index in [0.717, 1.165) is 67.9 Å². The van der Waals surface area contributed by atoms with E-state index in [1.54, 1.807) is 6.92 Å². The van der Waals surface area contributed by atoms with Crippen molar-refractivity contribution in [2.75, 3.05) is 40.3 Å². The summed E-state index contributed by atoms with van der Waals surface area (Å²) >= 11 is 0. The second-order valence-electron chi connectivity index (χ2n) is 7.05. The summed E-state index contributed by atoms with van der Waals surface area (Å²) in [7, 11) is 4.07. The second kappa shape index (κ2) is 8.51. The number of aromatic nitrogens is 2. The van der Waals surface area contributed by atoms with E-state index in [1.165, 1.54) is 0 Å². The number of nitrogens with zero attached hydrogens (tertiary/aromatic N) is 3. The Kier molecular flexibility index (Phi) is 6.11. The lowest BCUT2D eigenvalue weighted by Gasteiger charge is -2.31. The van der Waals surface area contributed by atoms with Crippen molar-refractivity contribution < 1.29 is 9.53 Å². The van der Waals surface area contributed by atoms with E-state index in [2.05, 4.69) is 33.5 Å². The van der Waals surface area contributed by atoms with Gasteiger partial charge in [0.15, 0.2) is 0 Å². The molecule has 3 rings (SSSR count). The van der Waals surface area contributed by atoms with Crippen LogP contribution in [0.3, 0.4) is 0 Å². The largest absolute Gasteiger partial charge is 0.490 e. The zero-order chi connectivity index (χ0) is 18.5. The number of hydrogen-bond donors (Lipinski definition) is 2. The van der Waals surface area contributed by atoms with Crippen LogP contribution >= 0.6 is 0 Å². The molecule has 7 heteroatoms. The fourth-order valence-corrected chi connectivity index (χ4v) is 3.37. The molecular weight excluding hydrogens is 330 g/mol. The lowest BCUT2D eigenvalue weighted by atomic mass is 10.1. The molecule has 2 aromatic rings. The number of rotatable bonds is 7. The Morgan fingerprint density at radius 2 is 2.19 bits per heavy atom. The first-order chi connectivity index (χ1) is 12.6. The summed E-state index contributed by atoms with van der Waals surface area (Å²) < 4.78 is 6.18. The van der Waals surface area contributed by atoms with Gasteiger partial charge in [-0.05, 0) is 32.3 Å². The Morgan fingerprint density at radius 1 is 1.42 bits per heavy atom. The maximum absolute atomic E-state index is 11.4. The number of likely N-dealkylation sites (N-methyl/N-ethyl adjacent to an activating group) is 2. The zero-order valence-electron chi connectivity index (χ0n) is 15.9. The minimum Gasteiger partial charge on any atom is -0.490 e. The zero-order valence-corrected chi connectivity index (χ0v) is 15.9. The molecule has 0 saturated carbocycles. The number of carbonyl (C=O) groups excluding carboxylic acids is 1. The summed E-state index contributed by atoms with van der Waals surface area (Å²) in [5.74, 6) is 1.02.